The maximum Gasteiger partial charge on any atom is 0.412 e. The number of carbonyl (C=O) groups is 2. The smallest absolute Gasteiger partial charge is 0.412 e. The van der Waals surface area contributed by atoms with E-state index in [-0.39, 0.29) is 24.0 Å². The number of benzene rings is 4. The molecule has 0 unspecified atom stereocenters. The molecule has 2 N–H and O–H groups in total. The minimum absolute atomic E-state index is 0.257. The van der Waals surface area contributed by atoms with Crippen LogP contribution in [0.2, 0.25) is 0 Å². The number of rotatable bonds is 12. The summed E-state index contributed by atoms with van der Waals surface area (Å²) in [7, 11) is 0. The zero-order chi connectivity index (χ0) is 36.7. The summed E-state index contributed by atoms with van der Waals surface area (Å²) in [5, 5.41) is 5.68. The number of carbonyl (C=O) groups excluding carboxylic acids is 2. The minimum atomic E-state index is -0.413. The van der Waals surface area contributed by atoms with E-state index in [1.54, 1.807) is 0 Å². The van der Waals surface area contributed by atoms with Gasteiger partial charge in [-0.3, -0.25) is 10.6 Å². The molecule has 0 fully saturated rings. The molecule has 2 aliphatic rings. The van der Waals surface area contributed by atoms with Gasteiger partial charge in [0.25, 0.3) is 0 Å². The Morgan fingerprint density at radius 2 is 0.962 bits per heavy atom. The summed E-state index contributed by atoms with van der Waals surface area (Å²) in [5.41, 5.74) is 6.37. The van der Waals surface area contributed by atoms with Gasteiger partial charge in [0.1, 0.15) is 12.2 Å². The molecule has 0 saturated heterocycles. The summed E-state index contributed by atoms with van der Waals surface area (Å²) in [6.07, 6.45) is 11.8. The number of nitrogens with one attached hydrogen (secondary N) is 2. The first-order chi connectivity index (χ1) is 25.3. The van der Waals surface area contributed by atoms with Gasteiger partial charge in [0, 0.05) is 32.2 Å². The van der Waals surface area contributed by atoms with Gasteiger partial charge >= 0.3 is 12.2 Å². The monoisotopic (exact) mass is 826 g/mol. The Balaban J connectivity index is 0.000000201. The van der Waals surface area contributed by atoms with E-state index in [1.807, 2.05) is 109 Å². The van der Waals surface area contributed by atoms with Gasteiger partial charge in [-0.1, -0.05) is 143 Å². The number of allylic oxidation sites excluding steroid dienone is 2. The highest BCUT2D eigenvalue weighted by atomic mass is 79.9. The molecule has 0 spiro atoms. The molecular formula is C44H48Br2N2O4. The van der Waals surface area contributed by atoms with Crippen LogP contribution in [-0.2, 0) is 9.47 Å². The Labute approximate surface area is 325 Å². The summed E-state index contributed by atoms with van der Waals surface area (Å²) >= 11 is 6.80. The first kappa shape index (κ1) is 39.1. The molecule has 52 heavy (non-hydrogen) atoms. The van der Waals surface area contributed by atoms with Gasteiger partial charge in [-0.05, 0) is 98.2 Å². The third kappa shape index (κ3) is 11.4. The number of hydrogen-bond donors (Lipinski definition) is 2. The first-order valence-corrected chi connectivity index (χ1v) is 19.9. The fourth-order valence-electron chi connectivity index (χ4n) is 7.06. The molecule has 8 heteroatoms. The molecule has 6 nitrogen and oxygen atoms in total. The molecule has 0 heterocycles. The number of hydrogen-bond acceptors (Lipinski definition) is 4. The Morgan fingerprint density at radius 3 is 1.31 bits per heavy atom. The lowest BCUT2D eigenvalue weighted by Crippen LogP contribution is -2.23. The van der Waals surface area contributed by atoms with Crippen LogP contribution in [0.4, 0.5) is 21.0 Å². The van der Waals surface area contributed by atoms with Crippen LogP contribution >= 0.6 is 31.9 Å². The second-order valence-corrected chi connectivity index (χ2v) is 15.0. The lowest BCUT2D eigenvalue weighted by atomic mass is 9.88. The van der Waals surface area contributed by atoms with Gasteiger partial charge in [0.15, 0.2) is 0 Å². The van der Waals surface area contributed by atoms with Gasteiger partial charge in [-0.15, -0.1) is 0 Å². The molecule has 4 atom stereocenters. The van der Waals surface area contributed by atoms with Crippen molar-refractivity contribution in [2.24, 2.45) is 11.8 Å². The SMILES string of the molecule is CCCC1=CCC[C@@H]1[C@H](OC(=O)Nc1ccc(Br)cc1)c1ccccc1.CCCC1=CCC[C@@H]1[C@H](OC(=O)Nc1ccc(Br)cc1)c1ccccc1. The molecule has 4 aromatic rings. The number of ether oxygens (including phenoxy) is 2. The largest absolute Gasteiger partial charge is 0.440 e. The zero-order valence-electron chi connectivity index (χ0n) is 29.9. The van der Waals surface area contributed by atoms with Crippen molar-refractivity contribution in [1.29, 1.82) is 0 Å². The van der Waals surface area contributed by atoms with Crippen molar-refractivity contribution >= 4 is 55.4 Å². The fourth-order valence-corrected chi connectivity index (χ4v) is 7.58. The Bertz CT molecular complexity index is 1640. The van der Waals surface area contributed by atoms with E-state index in [4.69, 9.17) is 9.47 Å². The number of anilines is 2. The van der Waals surface area contributed by atoms with Crippen molar-refractivity contribution in [1.82, 2.24) is 0 Å². The molecule has 2 aliphatic carbocycles. The molecule has 0 aromatic heterocycles. The van der Waals surface area contributed by atoms with Crippen molar-refractivity contribution < 1.29 is 19.1 Å². The number of amides is 2. The van der Waals surface area contributed by atoms with Gasteiger partial charge in [-0.2, -0.15) is 0 Å². The third-order valence-electron chi connectivity index (χ3n) is 9.43. The van der Waals surface area contributed by atoms with E-state index in [9.17, 15) is 9.59 Å². The van der Waals surface area contributed by atoms with E-state index >= 15 is 0 Å². The Kier molecular flexibility index (Phi) is 15.2. The van der Waals surface area contributed by atoms with Crippen LogP contribution in [0.5, 0.6) is 0 Å². The van der Waals surface area contributed by atoms with E-state index < -0.39 is 12.2 Å². The van der Waals surface area contributed by atoms with Crippen molar-refractivity contribution in [3.8, 4) is 0 Å². The standard InChI is InChI=1S/2C22H24BrNO2/c2*1-2-7-16-10-6-11-20(16)21(17-8-4-3-5-9-17)26-22(25)24-19-14-12-18(23)13-15-19/h2*3-5,8-10,12-15,20-21H,2,6-7,11H2,1H3,(H,24,25)/t2*20-,21+/m00/s1. The maximum absolute atomic E-state index is 12.5. The van der Waals surface area contributed by atoms with Crippen molar-refractivity contribution in [3.63, 3.8) is 0 Å². The topological polar surface area (TPSA) is 76.7 Å². The molecule has 0 radical (unpaired) electrons. The summed E-state index contributed by atoms with van der Waals surface area (Å²) in [6, 6.07) is 35.1. The van der Waals surface area contributed by atoms with Crippen LogP contribution in [0.15, 0.2) is 141 Å². The average Bonchev–Trinajstić information content (AvgIpc) is 3.82. The van der Waals surface area contributed by atoms with E-state index in [0.717, 1.165) is 82.8 Å². The fraction of sp³-hybridized carbons (Fsp3) is 0.318. The Hall–Kier alpha value is -4.14. The highest BCUT2D eigenvalue weighted by molar-refractivity contribution is 9.10. The lowest BCUT2D eigenvalue weighted by molar-refractivity contribution is 0.0805. The highest BCUT2D eigenvalue weighted by Gasteiger charge is 2.33. The number of halogens is 2. The first-order valence-electron chi connectivity index (χ1n) is 18.3. The van der Waals surface area contributed by atoms with Crippen LogP contribution in [0, 0.1) is 11.8 Å². The molecule has 272 valence electrons. The molecule has 0 bridgehead atoms. The van der Waals surface area contributed by atoms with E-state index in [2.05, 4.69) is 68.5 Å². The second-order valence-electron chi connectivity index (χ2n) is 13.2. The minimum Gasteiger partial charge on any atom is -0.440 e. The van der Waals surface area contributed by atoms with Gasteiger partial charge in [0.05, 0.1) is 0 Å². The summed E-state index contributed by atoms with van der Waals surface area (Å²) in [5.74, 6) is 0.515. The molecule has 2 amide bonds. The molecule has 0 saturated carbocycles. The van der Waals surface area contributed by atoms with Crippen LogP contribution in [0.3, 0.4) is 0 Å². The van der Waals surface area contributed by atoms with Crippen molar-refractivity contribution in [3.05, 3.63) is 153 Å². The second kappa shape index (κ2) is 20.2. The quantitative estimate of drug-likeness (QED) is 0.139. The summed E-state index contributed by atoms with van der Waals surface area (Å²) < 4.78 is 13.8. The Morgan fingerprint density at radius 1 is 0.596 bits per heavy atom. The molecule has 0 aliphatic heterocycles. The van der Waals surface area contributed by atoms with Crippen LogP contribution < -0.4 is 10.6 Å². The van der Waals surface area contributed by atoms with Gasteiger partial charge < -0.3 is 9.47 Å². The van der Waals surface area contributed by atoms with Crippen LogP contribution in [0.25, 0.3) is 0 Å². The van der Waals surface area contributed by atoms with Crippen LogP contribution in [-0.4, -0.2) is 12.2 Å². The van der Waals surface area contributed by atoms with Crippen molar-refractivity contribution in [2.75, 3.05) is 10.6 Å². The van der Waals surface area contributed by atoms with Gasteiger partial charge in [0.2, 0.25) is 0 Å². The predicted octanol–water partition coefficient (Wildman–Crippen LogP) is 13.8. The predicted molar refractivity (Wildman–Crippen MR) is 218 cm³/mol. The van der Waals surface area contributed by atoms with Crippen molar-refractivity contribution in [2.45, 2.75) is 77.4 Å². The lowest BCUT2D eigenvalue weighted by Gasteiger charge is -2.27. The third-order valence-corrected chi connectivity index (χ3v) is 10.5. The molecular weight excluding hydrogens is 780 g/mol. The highest BCUT2D eigenvalue weighted by Crippen LogP contribution is 2.42. The van der Waals surface area contributed by atoms with E-state index in [1.165, 1.54) is 11.1 Å². The molecule has 6 rings (SSSR count). The zero-order valence-corrected chi connectivity index (χ0v) is 33.1. The summed E-state index contributed by atoms with van der Waals surface area (Å²) in [6.45, 7) is 4.38. The normalized spacial score (nSPS) is 17.5. The van der Waals surface area contributed by atoms with Gasteiger partial charge in [-0.25, -0.2) is 9.59 Å². The maximum atomic E-state index is 12.5. The summed E-state index contributed by atoms with van der Waals surface area (Å²) in [4.78, 5) is 25.1. The van der Waals surface area contributed by atoms with Crippen LogP contribution in [0.1, 0.15) is 88.5 Å². The average molecular weight is 829 g/mol. The van der Waals surface area contributed by atoms with E-state index in [0.29, 0.717) is 0 Å². The molecule has 4 aromatic carbocycles.